The van der Waals surface area contributed by atoms with E-state index in [1.54, 1.807) is 26.2 Å². The van der Waals surface area contributed by atoms with Crippen molar-refractivity contribution < 1.29 is 18.1 Å². The van der Waals surface area contributed by atoms with Gasteiger partial charge in [0.15, 0.2) is 0 Å². The van der Waals surface area contributed by atoms with E-state index in [1.165, 1.54) is 0 Å². The summed E-state index contributed by atoms with van der Waals surface area (Å²) >= 11 is 0. The molecule has 0 aliphatic heterocycles. The number of hydrogen-bond acceptors (Lipinski definition) is 4. The van der Waals surface area contributed by atoms with Crippen LogP contribution >= 0.6 is 0 Å². The van der Waals surface area contributed by atoms with Gasteiger partial charge in [0.25, 0.3) is 0 Å². The van der Waals surface area contributed by atoms with Crippen LogP contribution in [-0.2, 0) is 13.3 Å². The first-order valence-corrected chi connectivity index (χ1v) is 7.18. The Balaban J connectivity index is 4.07. The Morgan fingerprint density at radius 1 is 1.25 bits per heavy atom. The van der Waals surface area contributed by atoms with Crippen molar-refractivity contribution in [2.45, 2.75) is 19.4 Å². The van der Waals surface area contributed by atoms with E-state index in [-0.39, 0.29) is 0 Å². The summed E-state index contributed by atoms with van der Waals surface area (Å²) < 4.78 is 15.8. The SMILES string of the molecule is CCN(CCC[Si](OC)(OC)OC)C(N)=O. The van der Waals surface area contributed by atoms with Crippen molar-refractivity contribution in [3.8, 4) is 0 Å². The summed E-state index contributed by atoms with van der Waals surface area (Å²) in [6, 6.07) is 0.266. The molecule has 0 unspecified atom stereocenters. The molecule has 96 valence electrons. The van der Waals surface area contributed by atoms with Gasteiger partial charge in [-0.15, -0.1) is 0 Å². The van der Waals surface area contributed by atoms with Crippen molar-refractivity contribution in [2.24, 2.45) is 5.73 Å². The number of nitrogens with two attached hydrogens (primary N) is 1. The summed E-state index contributed by atoms with van der Waals surface area (Å²) in [6.45, 7) is 3.09. The van der Waals surface area contributed by atoms with Gasteiger partial charge in [-0.1, -0.05) is 0 Å². The zero-order chi connectivity index (χ0) is 12.6. The number of carbonyl (C=O) groups excluding carboxylic acids is 1. The number of nitrogens with zero attached hydrogens (tertiary/aromatic N) is 1. The summed E-state index contributed by atoms with van der Waals surface area (Å²) in [7, 11) is 2.21. The first kappa shape index (κ1) is 15.4. The van der Waals surface area contributed by atoms with Crippen LogP contribution in [0.2, 0.25) is 6.04 Å². The molecule has 0 aromatic carbocycles. The second-order valence-electron chi connectivity index (χ2n) is 3.32. The molecule has 0 aromatic rings. The van der Waals surface area contributed by atoms with Crippen molar-refractivity contribution in [1.82, 2.24) is 4.90 Å². The van der Waals surface area contributed by atoms with Crippen LogP contribution in [0.1, 0.15) is 13.3 Å². The van der Waals surface area contributed by atoms with Gasteiger partial charge in [-0.2, -0.15) is 0 Å². The highest BCUT2D eigenvalue weighted by Gasteiger charge is 2.37. The van der Waals surface area contributed by atoms with Gasteiger partial charge in [0, 0.05) is 40.5 Å². The van der Waals surface area contributed by atoms with E-state index in [9.17, 15) is 4.79 Å². The van der Waals surface area contributed by atoms with Crippen LogP contribution in [0.25, 0.3) is 0 Å². The minimum atomic E-state index is -2.51. The molecule has 7 heteroatoms. The van der Waals surface area contributed by atoms with Crippen molar-refractivity contribution in [2.75, 3.05) is 34.4 Å². The van der Waals surface area contributed by atoms with Crippen molar-refractivity contribution in [3.63, 3.8) is 0 Å². The summed E-state index contributed by atoms with van der Waals surface area (Å²) in [5.41, 5.74) is 5.20. The summed E-state index contributed by atoms with van der Waals surface area (Å²) in [5, 5.41) is 0. The topological polar surface area (TPSA) is 74.0 Å². The number of primary amides is 1. The predicted octanol–water partition coefficient (Wildman–Crippen LogP) is 0.655. The Labute approximate surface area is 98.0 Å². The number of urea groups is 1. The van der Waals surface area contributed by atoms with Gasteiger partial charge in [0.1, 0.15) is 0 Å². The van der Waals surface area contributed by atoms with Gasteiger partial charge in [-0.25, -0.2) is 4.79 Å². The molecule has 2 amide bonds. The molecular formula is C9H22N2O4Si. The van der Waals surface area contributed by atoms with Crippen LogP contribution in [0.4, 0.5) is 4.79 Å². The second-order valence-corrected chi connectivity index (χ2v) is 6.41. The predicted molar refractivity (Wildman–Crippen MR) is 63.0 cm³/mol. The molecule has 16 heavy (non-hydrogen) atoms. The lowest BCUT2D eigenvalue weighted by atomic mass is 10.4. The third-order valence-electron chi connectivity index (χ3n) is 2.54. The Morgan fingerprint density at radius 3 is 2.06 bits per heavy atom. The van der Waals surface area contributed by atoms with Gasteiger partial charge < -0.3 is 23.9 Å². The van der Waals surface area contributed by atoms with E-state index in [2.05, 4.69) is 0 Å². The molecule has 6 nitrogen and oxygen atoms in total. The van der Waals surface area contributed by atoms with Crippen LogP contribution < -0.4 is 5.73 Å². The maximum Gasteiger partial charge on any atom is 0.500 e. The minimum absolute atomic E-state index is 0.401. The quantitative estimate of drug-likeness (QED) is 0.642. The highest BCUT2D eigenvalue weighted by Crippen LogP contribution is 2.15. The average molecular weight is 250 g/mol. The van der Waals surface area contributed by atoms with Gasteiger partial charge in [0.05, 0.1) is 0 Å². The highest BCUT2D eigenvalue weighted by molar-refractivity contribution is 6.60. The molecular weight excluding hydrogens is 228 g/mol. The maximum atomic E-state index is 11.0. The van der Waals surface area contributed by atoms with Crippen LogP contribution in [0, 0.1) is 0 Å². The second kappa shape index (κ2) is 7.61. The van der Waals surface area contributed by atoms with E-state index < -0.39 is 14.8 Å². The molecule has 0 radical (unpaired) electrons. The Kier molecular flexibility index (Phi) is 7.31. The van der Waals surface area contributed by atoms with E-state index in [0.29, 0.717) is 19.1 Å². The lowest BCUT2D eigenvalue weighted by Crippen LogP contribution is -2.44. The molecule has 0 heterocycles. The normalized spacial score (nSPS) is 11.5. The summed E-state index contributed by atoms with van der Waals surface area (Å²) in [6.07, 6.45) is 0.749. The molecule has 2 N–H and O–H groups in total. The number of rotatable bonds is 8. The monoisotopic (exact) mass is 250 g/mol. The third-order valence-corrected chi connectivity index (χ3v) is 5.37. The standard InChI is InChI=1S/C9H22N2O4Si/c1-5-11(9(10)12)7-6-8-16(13-2,14-3)15-4/h5-8H2,1-4H3,(H2,10,12). The maximum absolute atomic E-state index is 11.0. The lowest BCUT2D eigenvalue weighted by molar-refractivity contribution is 0.121. The Bertz CT molecular complexity index is 203. The fourth-order valence-corrected chi connectivity index (χ4v) is 3.17. The Hall–Kier alpha value is -0.633. The van der Waals surface area contributed by atoms with Crippen LogP contribution in [0.5, 0.6) is 0 Å². The van der Waals surface area contributed by atoms with Crippen molar-refractivity contribution >= 4 is 14.8 Å². The van der Waals surface area contributed by atoms with Gasteiger partial charge >= 0.3 is 14.8 Å². The largest absolute Gasteiger partial charge is 0.500 e. The van der Waals surface area contributed by atoms with Gasteiger partial charge in [-0.3, -0.25) is 0 Å². The van der Waals surface area contributed by atoms with Crippen molar-refractivity contribution in [1.29, 1.82) is 0 Å². The first-order valence-electron chi connectivity index (χ1n) is 5.25. The fourth-order valence-electron chi connectivity index (χ4n) is 1.47. The molecule has 0 aliphatic carbocycles. The first-order chi connectivity index (χ1) is 7.55. The van der Waals surface area contributed by atoms with E-state index in [1.807, 2.05) is 6.92 Å². The third kappa shape index (κ3) is 4.48. The molecule has 0 aromatic heterocycles. The van der Waals surface area contributed by atoms with E-state index in [0.717, 1.165) is 6.42 Å². The van der Waals surface area contributed by atoms with Gasteiger partial charge in [0.2, 0.25) is 0 Å². The zero-order valence-corrected chi connectivity index (χ0v) is 11.5. The van der Waals surface area contributed by atoms with E-state index in [4.69, 9.17) is 19.0 Å². The molecule has 0 aliphatic rings. The van der Waals surface area contributed by atoms with Crippen molar-refractivity contribution in [3.05, 3.63) is 0 Å². The average Bonchev–Trinajstić information content (AvgIpc) is 2.30. The molecule has 0 bridgehead atoms. The molecule has 0 fully saturated rings. The zero-order valence-electron chi connectivity index (χ0n) is 10.5. The summed E-state index contributed by atoms with van der Waals surface area (Å²) in [4.78, 5) is 12.5. The van der Waals surface area contributed by atoms with Gasteiger partial charge in [-0.05, 0) is 13.3 Å². The lowest BCUT2D eigenvalue weighted by Gasteiger charge is -2.25. The van der Waals surface area contributed by atoms with Crippen LogP contribution in [0.3, 0.4) is 0 Å². The smallest absolute Gasteiger partial charge is 0.377 e. The van der Waals surface area contributed by atoms with Crippen LogP contribution in [0.15, 0.2) is 0 Å². The van der Waals surface area contributed by atoms with Crippen LogP contribution in [-0.4, -0.2) is 54.2 Å². The number of carbonyl (C=O) groups is 1. The minimum Gasteiger partial charge on any atom is -0.377 e. The molecule has 0 spiro atoms. The molecule has 0 saturated heterocycles. The highest BCUT2D eigenvalue weighted by atomic mass is 28.4. The Morgan fingerprint density at radius 2 is 1.75 bits per heavy atom. The molecule has 0 rings (SSSR count). The molecule has 0 atom stereocenters. The molecule has 0 saturated carbocycles. The number of amides is 2. The summed E-state index contributed by atoms with van der Waals surface area (Å²) in [5.74, 6) is 0. The van der Waals surface area contributed by atoms with E-state index >= 15 is 0 Å². The number of hydrogen-bond donors (Lipinski definition) is 1. The fraction of sp³-hybridized carbons (Fsp3) is 0.889.